The van der Waals surface area contributed by atoms with E-state index in [4.69, 9.17) is 9.16 Å². The summed E-state index contributed by atoms with van der Waals surface area (Å²) in [5.41, 5.74) is -1.11. The van der Waals surface area contributed by atoms with Crippen LogP contribution >= 0.6 is 15.9 Å². The second-order valence-corrected chi connectivity index (χ2v) is 12.7. The van der Waals surface area contributed by atoms with E-state index in [-0.39, 0.29) is 33.4 Å². The fourth-order valence-corrected chi connectivity index (χ4v) is 5.19. The van der Waals surface area contributed by atoms with Gasteiger partial charge in [0.05, 0.1) is 28.7 Å². The molecule has 0 bridgehead atoms. The van der Waals surface area contributed by atoms with E-state index in [1.165, 1.54) is 18.3 Å². The minimum atomic E-state index is -1.39. The van der Waals surface area contributed by atoms with Crippen molar-refractivity contribution in [2.24, 2.45) is 11.3 Å². The van der Waals surface area contributed by atoms with E-state index in [0.29, 0.717) is 12.1 Å². The lowest BCUT2D eigenvalue weighted by Gasteiger charge is -2.50. The number of nitrogens with zero attached hydrogens (tertiary/aromatic N) is 1. The lowest BCUT2D eigenvalue weighted by molar-refractivity contribution is -0.00204. The van der Waals surface area contributed by atoms with Crippen LogP contribution in [-0.4, -0.2) is 32.8 Å². The second-order valence-electron chi connectivity index (χ2n) is 9.43. The van der Waals surface area contributed by atoms with Gasteiger partial charge in [0.2, 0.25) is 5.43 Å². The van der Waals surface area contributed by atoms with Crippen LogP contribution in [0.1, 0.15) is 51.9 Å². The summed E-state index contributed by atoms with van der Waals surface area (Å²) in [5.74, 6) is -1.11. The number of halogens is 2. The fraction of sp³-hybridized carbons (Fsp3) is 0.565. The highest BCUT2D eigenvalue weighted by molar-refractivity contribution is 9.10. The van der Waals surface area contributed by atoms with Gasteiger partial charge < -0.3 is 13.7 Å². The number of carbonyl (C=O) groups excluding carboxylic acids is 1. The molecule has 0 saturated heterocycles. The molecule has 1 atom stereocenters. The third-order valence-corrected chi connectivity index (χ3v) is 7.30. The Morgan fingerprint density at radius 2 is 1.87 bits per heavy atom. The van der Waals surface area contributed by atoms with Gasteiger partial charge in [-0.25, -0.2) is 9.18 Å². The van der Waals surface area contributed by atoms with Crippen LogP contribution in [-0.2, 0) is 14.7 Å². The number of aromatic nitrogens is 1. The van der Waals surface area contributed by atoms with Crippen LogP contribution in [0.15, 0.2) is 27.6 Å². The summed E-state index contributed by atoms with van der Waals surface area (Å²) in [6.07, 6.45) is 1.53. The molecular formula is C23H33BrFNO4Si. The average Bonchev–Trinajstić information content (AvgIpc) is 2.63. The van der Waals surface area contributed by atoms with Gasteiger partial charge in [0.15, 0.2) is 9.04 Å². The average molecular weight is 515 g/mol. The number of rotatable bonds is 7. The molecular weight excluding hydrogens is 481 g/mol. The van der Waals surface area contributed by atoms with E-state index in [0.717, 1.165) is 0 Å². The van der Waals surface area contributed by atoms with Crippen molar-refractivity contribution >= 4 is 41.8 Å². The maximum atomic E-state index is 14.7. The molecule has 0 N–H and O–H groups in total. The van der Waals surface area contributed by atoms with Crippen molar-refractivity contribution in [3.05, 3.63) is 44.4 Å². The van der Waals surface area contributed by atoms with E-state index in [1.807, 2.05) is 4.57 Å². The van der Waals surface area contributed by atoms with Crippen molar-refractivity contribution in [1.82, 2.24) is 4.57 Å². The monoisotopic (exact) mass is 513 g/mol. The zero-order valence-corrected chi connectivity index (χ0v) is 22.4. The van der Waals surface area contributed by atoms with Gasteiger partial charge in [0, 0.05) is 11.6 Å². The van der Waals surface area contributed by atoms with Crippen LogP contribution < -0.4 is 5.43 Å². The van der Waals surface area contributed by atoms with Crippen molar-refractivity contribution in [1.29, 1.82) is 0 Å². The number of hydrogen-bond acceptors (Lipinski definition) is 4. The Labute approximate surface area is 193 Å². The van der Waals surface area contributed by atoms with Gasteiger partial charge in [0.1, 0.15) is 11.4 Å². The van der Waals surface area contributed by atoms with E-state index in [1.54, 1.807) is 6.92 Å². The molecule has 0 aliphatic carbocycles. The smallest absolute Gasteiger partial charge is 0.343 e. The van der Waals surface area contributed by atoms with Gasteiger partial charge in [-0.3, -0.25) is 4.79 Å². The number of hydrogen-bond donors (Lipinski definition) is 0. The van der Waals surface area contributed by atoms with Gasteiger partial charge in [-0.2, -0.15) is 0 Å². The van der Waals surface area contributed by atoms with Crippen molar-refractivity contribution in [2.75, 3.05) is 13.2 Å². The number of esters is 1. The maximum Gasteiger partial charge on any atom is 0.343 e. The Kier molecular flexibility index (Phi) is 7.93. The van der Waals surface area contributed by atoms with Crippen molar-refractivity contribution in [3.63, 3.8) is 0 Å². The Morgan fingerprint density at radius 3 is 2.35 bits per heavy atom. The number of pyridine rings is 1. The first-order valence-electron chi connectivity index (χ1n) is 10.6. The summed E-state index contributed by atoms with van der Waals surface area (Å²) in [6.45, 7) is 16.9. The fourth-order valence-electron chi connectivity index (χ4n) is 4.26. The molecule has 0 radical (unpaired) electrons. The van der Waals surface area contributed by atoms with Gasteiger partial charge in [-0.05, 0) is 59.4 Å². The summed E-state index contributed by atoms with van der Waals surface area (Å²) in [5, 5.41) is 0.259. The quantitative estimate of drug-likeness (QED) is 0.363. The zero-order valence-electron chi connectivity index (χ0n) is 19.6. The molecule has 1 unspecified atom stereocenters. The van der Waals surface area contributed by atoms with Crippen LogP contribution in [0.5, 0.6) is 0 Å². The Balaban J connectivity index is 3.07. The summed E-state index contributed by atoms with van der Waals surface area (Å²) in [7, 11) is -1.39. The molecule has 1 heterocycles. The topological polar surface area (TPSA) is 57.5 Å². The molecule has 0 aliphatic rings. The molecule has 5 nitrogen and oxygen atoms in total. The molecule has 2 rings (SSSR count). The first kappa shape index (κ1) is 25.7. The van der Waals surface area contributed by atoms with Crippen LogP contribution in [0.25, 0.3) is 10.9 Å². The zero-order chi connectivity index (χ0) is 23.7. The van der Waals surface area contributed by atoms with Crippen LogP contribution in [0.4, 0.5) is 4.39 Å². The molecule has 172 valence electrons. The highest BCUT2D eigenvalue weighted by atomic mass is 79.9. The largest absolute Gasteiger partial charge is 0.462 e. The molecule has 8 heteroatoms. The summed E-state index contributed by atoms with van der Waals surface area (Å²) in [4.78, 5) is 25.9. The Bertz CT molecular complexity index is 1030. The van der Waals surface area contributed by atoms with Crippen LogP contribution in [0.2, 0.25) is 13.1 Å². The number of fused-ring (bicyclic) bond motifs is 1. The minimum Gasteiger partial charge on any atom is -0.462 e. The van der Waals surface area contributed by atoms with Gasteiger partial charge in [-0.15, -0.1) is 0 Å². The van der Waals surface area contributed by atoms with E-state index in [9.17, 15) is 14.0 Å². The second kappa shape index (κ2) is 9.54. The highest BCUT2D eigenvalue weighted by Crippen LogP contribution is 2.45. The molecule has 1 aromatic heterocycles. The summed E-state index contributed by atoms with van der Waals surface area (Å²) in [6, 6.07) is 2.80. The third-order valence-electron chi connectivity index (χ3n) is 5.86. The summed E-state index contributed by atoms with van der Waals surface area (Å²) >= 11 is 3.18. The lowest BCUT2D eigenvalue weighted by atomic mass is 9.67. The molecule has 0 aliphatic heterocycles. The van der Waals surface area contributed by atoms with E-state index >= 15 is 0 Å². The molecule has 0 amide bonds. The Hall–Kier alpha value is -1.51. The Morgan fingerprint density at radius 1 is 1.26 bits per heavy atom. The molecule has 1 aromatic carbocycles. The van der Waals surface area contributed by atoms with Crippen molar-refractivity contribution in [3.8, 4) is 0 Å². The lowest BCUT2D eigenvalue weighted by Crippen LogP contribution is -2.54. The van der Waals surface area contributed by atoms with E-state index < -0.39 is 31.8 Å². The molecule has 31 heavy (non-hydrogen) atoms. The molecule has 0 saturated carbocycles. The number of carbonyl (C=O) groups is 1. The maximum absolute atomic E-state index is 14.7. The predicted molar refractivity (Wildman–Crippen MR) is 129 cm³/mol. The minimum absolute atomic E-state index is 0.0488. The van der Waals surface area contributed by atoms with Crippen molar-refractivity contribution < 1.29 is 18.3 Å². The van der Waals surface area contributed by atoms with Gasteiger partial charge >= 0.3 is 5.97 Å². The standard InChI is InChI=1S/C23H33BrFNO4Si/c1-9-29-21(28)16-12-26(19-11-18(25)17(24)10-15(19)20(16)27)23(14(2)3,22(4,5)6)13-30-31(7)8/h10-12,14,31H,9,13H2,1-8H3. The first-order valence-corrected chi connectivity index (χ1v) is 14.2. The van der Waals surface area contributed by atoms with Gasteiger partial charge in [0.25, 0.3) is 0 Å². The molecule has 0 fully saturated rings. The number of benzene rings is 1. The summed E-state index contributed by atoms with van der Waals surface area (Å²) < 4.78 is 28.1. The first-order chi connectivity index (χ1) is 14.3. The normalized spacial score (nSPS) is 14.3. The van der Waals surface area contributed by atoms with Crippen molar-refractivity contribution in [2.45, 2.75) is 60.2 Å². The predicted octanol–water partition coefficient (Wildman–Crippen LogP) is 5.48. The highest BCUT2D eigenvalue weighted by Gasteiger charge is 2.47. The molecule has 2 aromatic rings. The van der Waals surface area contributed by atoms with E-state index in [2.05, 4.69) is 63.6 Å². The third kappa shape index (κ3) is 4.81. The molecule has 0 spiro atoms. The van der Waals surface area contributed by atoms with Gasteiger partial charge in [-0.1, -0.05) is 34.6 Å². The SMILES string of the molecule is CCOC(=O)c1cn(C(CO[SiH](C)C)(C(C)C)C(C)(C)C)c2cc(F)c(Br)cc2c1=O. The number of ether oxygens (including phenoxy) is 1. The van der Waals surface area contributed by atoms with Crippen LogP contribution in [0, 0.1) is 17.2 Å². The van der Waals surface area contributed by atoms with Crippen LogP contribution in [0.3, 0.4) is 0 Å².